The van der Waals surface area contributed by atoms with Crippen LogP contribution in [0.3, 0.4) is 0 Å². The van der Waals surface area contributed by atoms with Gasteiger partial charge in [0, 0.05) is 7.05 Å². The zero-order valence-corrected chi connectivity index (χ0v) is 8.88. The van der Waals surface area contributed by atoms with Crippen LogP contribution in [0.4, 0.5) is 4.79 Å². The van der Waals surface area contributed by atoms with Gasteiger partial charge in [-0.15, -0.1) is 0 Å². The largest absolute Gasteiger partial charge is 0.412 e. The molecule has 0 aromatic heterocycles. The molecule has 0 saturated heterocycles. The summed E-state index contributed by atoms with van der Waals surface area (Å²) in [5, 5.41) is 2.46. The van der Waals surface area contributed by atoms with Crippen molar-refractivity contribution in [3.63, 3.8) is 0 Å². The molecule has 0 fully saturated rings. The van der Waals surface area contributed by atoms with Gasteiger partial charge in [-0.2, -0.15) is 0 Å². The highest BCUT2D eigenvalue weighted by molar-refractivity contribution is 5.70. The first kappa shape index (κ1) is 10.0. The monoisotopic (exact) mass is 205 g/mol. The van der Waals surface area contributed by atoms with Crippen LogP contribution in [0, 0.1) is 0 Å². The van der Waals surface area contributed by atoms with E-state index < -0.39 is 6.09 Å². The lowest BCUT2D eigenvalue weighted by molar-refractivity contribution is 0.202. The highest BCUT2D eigenvalue weighted by Crippen LogP contribution is 2.29. The van der Waals surface area contributed by atoms with E-state index in [-0.39, 0.29) is 0 Å². The van der Waals surface area contributed by atoms with Crippen molar-refractivity contribution in [2.45, 2.75) is 25.7 Å². The fraction of sp³-hybridized carbons (Fsp3) is 0.417. The van der Waals surface area contributed by atoms with E-state index in [1.807, 2.05) is 12.1 Å². The fourth-order valence-corrected chi connectivity index (χ4v) is 1.99. The second-order valence-corrected chi connectivity index (χ2v) is 3.74. The van der Waals surface area contributed by atoms with Crippen LogP contribution in [0.2, 0.25) is 0 Å². The first-order valence-corrected chi connectivity index (χ1v) is 5.31. The molecule has 1 aliphatic rings. The zero-order chi connectivity index (χ0) is 10.7. The molecular weight excluding hydrogens is 190 g/mol. The van der Waals surface area contributed by atoms with Crippen molar-refractivity contribution in [3.05, 3.63) is 29.3 Å². The Morgan fingerprint density at radius 1 is 1.33 bits per heavy atom. The SMILES string of the molecule is CNC(=O)Oc1cccc2c1CCCC2. The second kappa shape index (κ2) is 4.34. The summed E-state index contributed by atoms with van der Waals surface area (Å²) in [6.45, 7) is 0. The zero-order valence-electron chi connectivity index (χ0n) is 8.88. The lowest BCUT2D eigenvalue weighted by Gasteiger charge is -2.18. The maximum absolute atomic E-state index is 11.1. The van der Waals surface area contributed by atoms with Crippen LogP contribution in [-0.2, 0) is 12.8 Å². The van der Waals surface area contributed by atoms with Gasteiger partial charge < -0.3 is 10.1 Å². The molecule has 0 atom stereocenters. The van der Waals surface area contributed by atoms with Crippen LogP contribution in [-0.4, -0.2) is 13.1 Å². The van der Waals surface area contributed by atoms with Gasteiger partial charge in [0.25, 0.3) is 0 Å². The minimum atomic E-state index is -0.394. The molecule has 80 valence electrons. The maximum Gasteiger partial charge on any atom is 0.412 e. The van der Waals surface area contributed by atoms with Crippen LogP contribution in [0.25, 0.3) is 0 Å². The Kier molecular flexibility index (Phi) is 2.90. The predicted octanol–water partition coefficient (Wildman–Crippen LogP) is 2.28. The first-order valence-electron chi connectivity index (χ1n) is 5.31. The minimum Gasteiger partial charge on any atom is -0.410 e. The number of carbonyl (C=O) groups excluding carboxylic acids is 1. The van der Waals surface area contributed by atoms with E-state index >= 15 is 0 Å². The third kappa shape index (κ3) is 2.12. The lowest BCUT2D eigenvalue weighted by atomic mass is 9.91. The van der Waals surface area contributed by atoms with Gasteiger partial charge >= 0.3 is 6.09 Å². The smallest absolute Gasteiger partial charge is 0.410 e. The molecule has 1 amide bonds. The van der Waals surface area contributed by atoms with E-state index in [2.05, 4.69) is 11.4 Å². The van der Waals surface area contributed by atoms with Crippen molar-refractivity contribution in [1.82, 2.24) is 5.32 Å². The van der Waals surface area contributed by atoms with Crippen molar-refractivity contribution >= 4 is 6.09 Å². The van der Waals surface area contributed by atoms with Crippen molar-refractivity contribution in [3.8, 4) is 5.75 Å². The Labute approximate surface area is 89.4 Å². The number of carbonyl (C=O) groups is 1. The Bertz CT molecular complexity index is 374. The molecular formula is C12H15NO2. The van der Waals surface area contributed by atoms with Crippen molar-refractivity contribution < 1.29 is 9.53 Å². The number of benzene rings is 1. The fourth-order valence-electron chi connectivity index (χ4n) is 1.99. The van der Waals surface area contributed by atoms with Gasteiger partial charge in [0.2, 0.25) is 0 Å². The van der Waals surface area contributed by atoms with E-state index in [1.54, 1.807) is 7.05 Å². The molecule has 0 aliphatic heterocycles. The van der Waals surface area contributed by atoms with Gasteiger partial charge in [0.05, 0.1) is 0 Å². The molecule has 3 heteroatoms. The van der Waals surface area contributed by atoms with Gasteiger partial charge in [0.1, 0.15) is 5.75 Å². The van der Waals surface area contributed by atoms with Gasteiger partial charge in [-0.05, 0) is 42.9 Å². The standard InChI is InChI=1S/C12H15NO2/c1-13-12(14)15-11-8-4-6-9-5-2-3-7-10(9)11/h4,6,8H,2-3,5,7H2,1H3,(H,13,14). The Balaban J connectivity index is 2.27. The summed E-state index contributed by atoms with van der Waals surface area (Å²) in [5.41, 5.74) is 2.52. The maximum atomic E-state index is 11.1. The highest BCUT2D eigenvalue weighted by Gasteiger charge is 2.15. The number of hydrogen-bond acceptors (Lipinski definition) is 2. The third-order valence-corrected chi connectivity index (χ3v) is 2.76. The van der Waals surface area contributed by atoms with Crippen LogP contribution in [0.1, 0.15) is 24.0 Å². The lowest BCUT2D eigenvalue weighted by Crippen LogP contribution is -2.23. The third-order valence-electron chi connectivity index (χ3n) is 2.76. The van der Waals surface area contributed by atoms with E-state index in [0.29, 0.717) is 5.75 Å². The molecule has 0 unspecified atom stereocenters. The summed E-state index contributed by atoms with van der Waals surface area (Å²) >= 11 is 0. The molecule has 1 N–H and O–H groups in total. The molecule has 0 bridgehead atoms. The number of fused-ring (bicyclic) bond motifs is 1. The van der Waals surface area contributed by atoms with Crippen LogP contribution in [0.5, 0.6) is 5.75 Å². The average molecular weight is 205 g/mol. The quantitative estimate of drug-likeness (QED) is 0.763. The number of amides is 1. The summed E-state index contributed by atoms with van der Waals surface area (Å²) in [6.07, 6.45) is 4.13. The Hall–Kier alpha value is -1.51. The number of ether oxygens (including phenoxy) is 1. The predicted molar refractivity (Wildman–Crippen MR) is 58.2 cm³/mol. The minimum absolute atomic E-state index is 0.394. The van der Waals surface area contributed by atoms with Crippen LogP contribution < -0.4 is 10.1 Å². The molecule has 0 spiro atoms. The molecule has 0 radical (unpaired) electrons. The molecule has 3 nitrogen and oxygen atoms in total. The molecule has 2 rings (SSSR count). The summed E-state index contributed by atoms with van der Waals surface area (Å²) in [5.74, 6) is 0.714. The van der Waals surface area contributed by atoms with Crippen molar-refractivity contribution in [2.75, 3.05) is 7.05 Å². The van der Waals surface area contributed by atoms with Crippen LogP contribution in [0.15, 0.2) is 18.2 Å². The Morgan fingerprint density at radius 2 is 2.13 bits per heavy atom. The normalized spacial score (nSPS) is 14.2. The van der Waals surface area contributed by atoms with Crippen LogP contribution >= 0.6 is 0 Å². The van der Waals surface area contributed by atoms with Gasteiger partial charge in [-0.1, -0.05) is 12.1 Å². The summed E-state index contributed by atoms with van der Waals surface area (Å²) in [7, 11) is 1.57. The summed E-state index contributed by atoms with van der Waals surface area (Å²) < 4.78 is 5.21. The van der Waals surface area contributed by atoms with E-state index in [1.165, 1.54) is 24.0 Å². The summed E-state index contributed by atoms with van der Waals surface area (Å²) in [4.78, 5) is 11.1. The molecule has 0 heterocycles. The van der Waals surface area contributed by atoms with Gasteiger partial charge in [0.15, 0.2) is 0 Å². The van der Waals surface area contributed by atoms with E-state index in [0.717, 1.165) is 12.8 Å². The van der Waals surface area contributed by atoms with Gasteiger partial charge in [-0.3, -0.25) is 0 Å². The molecule has 1 aromatic rings. The number of hydrogen-bond donors (Lipinski definition) is 1. The van der Waals surface area contributed by atoms with Crippen molar-refractivity contribution in [2.24, 2.45) is 0 Å². The number of aryl methyl sites for hydroxylation is 1. The van der Waals surface area contributed by atoms with E-state index in [4.69, 9.17) is 4.74 Å². The van der Waals surface area contributed by atoms with Crippen molar-refractivity contribution in [1.29, 1.82) is 0 Å². The number of rotatable bonds is 1. The molecule has 1 aliphatic carbocycles. The molecule has 1 aromatic carbocycles. The Morgan fingerprint density at radius 3 is 2.93 bits per heavy atom. The first-order chi connectivity index (χ1) is 7.31. The average Bonchev–Trinajstić information content (AvgIpc) is 2.29. The van der Waals surface area contributed by atoms with Gasteiger partial charge in [-0.25, -0.2) is 4.79 Å². The molecule has 15 heavy (non-hydrogen) atoms. The second-order valence-electron chi connectivity index (χ2n) is 3.74. The topological polar surface area (TPSA) is 38.3 Å². The number of nitrogens with one attached hydrogen (secondary N) is 1. The highest BCUT2D eigenvalue weighted by atomic mass is 16.6. The summed E-state index contributed by atoms with van der Waals surface area (Å²) in [6, 6.07) is 5.92. The molecule has 0 saturated carbocycles. The van der Waals surface area contributed by atoms with E-state index in [9.17, 15) is 4.79 Å².